The monoisotopic (exact) mass is 435 g/mol. The molecule has 0 unspecified atom stereocenters. The zero-order valence-electron chi connectivity index (χ0n) is 17.7. The summed E-state index contributed by atoms with van der Waals surface area (Å²) in [5, 5.41) is 13.8. The Morgan fingerprint density at radius 3 is 2.55 bits per heavy atom. The number of nitrogens with zero attached hydrogens (tertiary/aromatic N) is 4. The SMILES string of the molecule is NCc1ccc(-c2nc3ccnc(C(=O)NCc4cn[nH]n4)c3cc2-c2ccccc2)cc1. The highest BCUT2D eigenvalue weighted by molar-refractivity contribution is 6.06. The van der Waals surface area contributed by atoms with Crippen LogP contribution in [0.1, 0.15) is 21.7 Å². The van der Waals surface area contributed by atoms with E-state index in [0.29, 0.717) is 28.8 Å². The highest BCUT2D eigenvalue weighted by Crippen LogP contribution is 2.34. The molecule has 33 heavy (non-hydrogen) atoms. The number of fused-ring (bicyclic) bond motifs is 1. The maximum atomic E-state index is 13.0. The lowest BCUT2D eigenvalue weighted by Gasteiger charge is -2.13. The van der Waals surface area contributed by atoms with Gasteiger partial charge in [-0.3, -0.25) is 9.78 Å². The third kappa shape index (κ3) is 4.19. The molecule has 5 rings (SSSR count). The number of amides is 1. The Bertz CT molecular complexity index is 1400. The second-order valence-electron chi connectivity index (χ2n) is 7.52. The van der Waals surface area contributed by atoms with Crippen molar-refractivity contribution in [2.75, 3.05) is 0 Å². The van der Waals surface area contributed by atoms with Gasteiger partial charge in [0.1, 0.15) is 11.4 Å². The molecule has 3 heterocycles. The molecule has 3 aromatic heterocycles. The maximum Gasteiger partial charge on any atom is 0.270 e. The van der Waals surface area contributed by atoms with Gasteiger partial charge in [0, 0.05) is 29.3 Å². The Balaban J connectivity index is 1.62. The number of nitrogens with one attached hydrogen (secondary N) is 2. The van der Waals surface area contributed by atoms with Crippen LogP contribution in [0.4, 0.5) is 0 Å². The van der Waals surface area contributed by atoms with Crippen molar-refractivity contribution in [2.45, 2.75) is 13.1 Å². The number of carbonyl (C=O) groups is 1. The Morgan fingerprint density at radius 2 is 1.82 bits per heavy atom. The lowest BCUT2D eigenvalue weighted by molar-refractivity contribution is 0.0947. The van der Waals surface area contributed by atoms with E-state index in [1.807, 2.05) is 66.7 Å². The fraction of sp³-hybridized carbons (Fsp3) is 0.0800. The summed E-state index contributed by atoms with van der Waals surface area (Å²) in [4.78, 5) is 22.3. The van der Waals surface area contributed by atoms with Crippen LogP contribution in [-0.4, -0.2) is 31.3 Å². The number of aromatic nitrogens is 5. The number of nitrogens with two attached hydrogens (primary N) is 1. The third-order valence-electron chi connectivity index (χ3n) is 5.40. The van der Waals surface area contributed by atoms with Crippen molar-refractivity contribution in [2.24, 2.45) is 5.73 Å². The molecule has 0 saturated carbocycles. The van der Waals surface area contributed by atoms with Gasteiger partial charge in [0.25, 0.3) is 5.91 Å². The van der Waals surface area contributed by atoms with Crippen molar-refractivity contribution in [3.63, 3.8) is 0 Å². The fourth-order valence-corrected chi connectivity index (χ4v) is 3.70. The summed E-state index contributed by atoms with van der Waals surface area (Å²) in [5.41, 5.74) is 12.2. The van der Waals surface area contributed by atoms with Gasteiger partial charge in [0.15, 0.2) is 0 Å². The summed E-state index contributed by atoms with van der Waals surface area (Å²) in [6.45, 7) is 0.730. The van der Waals surface area contributed by atoms with E-state index >= 15 is 0 Å². The van der Waals surface area contributed by atoms with Crippen LogP contribution in [0.3, 0.4) is 0 Å². The van der Waals surface area contributed by atoms with E-state index in [2.05, 4.69) is 25.7 Å². The normalized spacial score (nSPS) is 10.9. The molecule has 0 aliphatic carbocycles. The average Bonchev–Trinajstić information content (AvgIpc) is 3.40. The maximum absolute atomic E-state index is 13.0. The Kier molecular flexibility index (Phi) is 5.57. The Labute approximate surface area is 189 Å². The van der Waals surface area contributed by atoms with Crippen molar-refractivity contribution in [3.8, 4) is 22.4 Å². The van der Waals surface area contributed by atoms with Crippen LogP contribution in [0.15, 0.2) is 79.1 Å². The van der Waals surface area contributed by atoms with Crippen molar-refractivity contribution >= 4 is 16.8 Å². The molecule has 8 heteroatoms. The molecule has 0 atom stereocenters. The van der Waals surface area contributed by atoms with Gasteiger partial charge in [-0.2, -0.15) is 15.4 Å². The molecule has 0 aliphatic heterocycles. The van der Waals surface area contributed by atoms with Crippen molar-refractivity contribution in [3.05, 3.63) is 96.1 Å². The van der Waals surface area contributed by atoms with Gasteiger partial charge < -0.3 is 11.1 Å². The lowest BCUT2D eigenvalue weighted by Crippen LogP contribution is -2.24. The Hall–Kier alpha value is -4.43. The summed E-state index contributed by atoms with van der Waals surface area (Å²) < 4.78 is 0. The molecule has 4 N–H and O–H groups in total. The van der Waals surface area contributed by atoms with Gasteiger partial charge in [0.05, 0.1) is 24.0 Å². The van der Waals surface area contributed by atoms with E-state index in [9.17, 15) is 4.79 Å². The first-order valence-electron chi connectivity index (χ1n) is 10.5. The minimum absolute atomic E-state index is 0.248. The van der Waals surface area contributed by atoms with E-state index in [0.717, 1.165) is 27.9 Å². The topological polar surface area (TPSA) is 122 Å². The minimum atomic E-state index is -0.301. The van der Waals surface area contributed by atoms with E-state index in [1.165, 1.54) is 0 Å². The first-order chi connectivity index (χ1) is 16.2. The predicted octanol–water partition coefficient (Wildman–Crippen LogP) is 3.47. The van der Waals surface area contributed by atoms with E-state index in [1.54, 1.807) is 12.4 Å². The second-order valence-corrected chi connectivity index (χ2v) is 7.52. The van der Waals surface area contributed by atoms with Crippen molar-refractivity contribution in [1.82, 2.24) is 30.7 Å². The predicted molar refractivity (Wildman–Crippen MR) is 126 cm³/mol. The fourth-order valence-electron chi connectivity index (χ4n) is 3.70. The minimum Gasteiger partial charge on any atom is -0.345 e. The molecule has 5 aromatic rings. The van der Waals surface area contributed by atoms with Crippen LogP contribution in [0, 0.1) is 0 Å². The summed E-state index contributed by atoms with van der Waals surface area (Å²) in [6.07, 6.45) is 3.16. The summed E-state index contributed by atoms with van der Waals surface area (Å²) in [5.74, 6) is -0.301. The number of benzene rings is 2. The standard InChI is InChI=1S/C25H21N7O/c26-13-16-6-8-18(9-7-16)23-20(17-4-2-1-3-5-17)12-21-22(30-23)10-11-27-24(21)25(33)28-14-19-15-29-32-31-19/h1-12,15H,13-14,26H2,(H,28,33)(H,29,31,32). The van der Waals surface area contributed by atoms with Gasteiger partial charge in [-0.1, -0.05) is 54.6 Å². The molecule has 1 amide bonds. The lowest BCUT2D eigenvalue weighted by atomic mass is 9.96. The van der Waals surface area contributed by atoms with Gasteiger partial charge in [-0.05, 0) is 23.3 Å². The van der Waals surface area contributed by atoms with Crippen LogP contribution < -0.4 is 11.1 Å². The van der Waals surface area contributed by atoms with Crippen molar-refractivity contribution in [1.29, 1.82) is 0 Å². The largest absolute Gasteiger partial charge is 0.345 e. The number of pyridine rings is 2. The zero-order chi connectivity index (χ0) is 22.6. The molecular weight excluding hydrogens is 414 g/mol. The first kappa shape index (κ1) is 20.5. The van der Waals surface area contributed by atoms with E-state index in [4.69, 9.17) is 10.7 Å². The van der Waals surface area contributed by atoms with Gasteiger partial charge >= 0.3 is 0 Å². The smallest absolute Gasteiger partial charge is 0.270 e. The number of H-pyrrole nitrogens is 1. The van der Waals surface area contributed by atoms with Gasteiger partial charge in [0.2, 0.25) is 0 Å². The molecule has 0 spiro atoms. The van der Waals surface area contributed by atoms with Crippen LogP contribution in [0.25, 0.3) is 33.3 Å². The average molecular weight is 435 g/mol. The molecule has 8 nitrogen and oxygen atoms in total. The summed E-state index contributed by atoms with van der Waals surface area (Å²) in [6, 6.07) is 21.9. The molecule has 2 aromatic carbocycles. The molecule has 0 saturated heterocycles. The first-order valence-corrected chi connectivity index (χ1v) is 10.5. The van der Waals surface area contributed by atoms with Crippen LogP contribution >= 0.6 is 0 Å². The molecule has 0 fully saturated rings. The van der Waals surface area contributed by atoms with Crippen LogP contribution in [-0.2, 0) is 13.1 Å². The third-order valence-corrected chi connectivity index (χ3v) is 5.40. The van der Waals surface area contributed by atoms with Gasteiger partial charge in [-0.15, -0.1) is 0 Å². The van der Waals surface area contributed by atoms with E-state index in [-0.39, 0.29) is 12.5 Å². The number of aromatic amines is 1. The molecule has 162 valence electrons. The van der Waals surface area contributed by atoms with E-state index < -0.39 is 0 Å². The number of rotatable bonds is 6. The zero-order valence-corrected chi connectivity index (χ0v) is 17.7. The molecular formula is C25H21N7O. The number of hydrogen-bond acceptors (Lipinski definition) is 6. The Morgan fingerprint density at radius 1 is 1.00 bits per heavy atom. The highest BCUT2D eigenvalue weighted by Gasteiger charge is 2.17. The summed E-state index contributed by atoms with van der Waals surface area (Å²) in [7, 11) is 0. The second kappa shape index (κ2) is 8.97. The molecule has 0 bridgehead atoms. The van der Waals surface area contributed by atoms with Crippen LogP contribution in [0.5, 0.6) is 0 Å². The summed E-state index contributed by atoms with van der Waals surface area (Å²) >= 11 is 0. The highest BCUT2D eigenvalue weighted by atomic mass is 16.1. The number of hydrogen-bond donors (Lipinski definition) is 3. The van der Waals surface area contributed by atoms with Crippen molar-refractivity contribution < 1.29 is 4.79 Å². The molecule has 0 aliphatic rings. The van der Waals surface area contributed by atoms with Crippen LogP contribution in [0.2, 0.25) is 0 Å². The van der Waals surface area contributed by atoms with Gasteiger partial charge in [-0.25, -0.2) is 4.98 Å². The molecule has 0 radical (unpaired) electrons. The number of carbonyl (C=O) groups excluding carboxylic acids is 1. The quantitative estimate of drug-likeness (QED) is 0.375.